The quantitative estimate of drug-likeness (QED) is 0.594. The molecule has 2 aliphatic rings. The summed E-state index contributed by atoms with van der Waals surface area (Å²) in [6.07, 6.45) is 1.21. The average Bonchev–Trinajstić information content (AvgIpc) is 2.61. The first-order valence-electron chi connectivity index (χ1n) is 9.35. The molecule has 28 heavy (non-hydrogen) atoms. The van der Waals surface area contributed by atoms with Crippen LogP contribution in [0.2, 0.25) is 0 Å². The van der Waals surface area contributed by atoms with Gasteiger partial charge in [0.15, 0.2) is 5.78 Å². The smallest absolute Gasteiger partial charge is 0.232 e. The predicted octanol–water partition coefficient (Wildman–Crippen LogP) is 5.75. The molecule has 144 valence electrons. The Labute approximate surface area is 172 Å². The van der Waals surface area contributed by atoms with E-state index < -0.39 is 5.92 Å². The number of carbonyl (C=O) groups excluding carboxylic acids is 2. The summed E-state index contributed by atoms with van der Waals surface area (Å²) in [6, 6.07) is 13.8. The van der Waals surface area contributed by atoms with Crippen molar-refractivity contribution >= 4 is 33.3 Å². The molecular weight excluding hydrogens is 421 g/mol. The van der Waals surface area contributed by atoms with Gasteiger partial charge in [-0.3, -0.25) is 14.5 Å². The van der Waals surface area contributed by atoms with Crippen molar-refractivity contribution in [3.8, 4) is 0 Å². The summed E-state index contributed by atoms with van der Waals surface area (Å²) < 4.78 is 14.8. The lowest BCUT2D eigenvalue weighted by molar-refractivity contribution is -0.121. The number of Topliss-reactive ketones (excluding diaryl/α,β-unsaturated/α-hetero) is 1. The standard InChI is InChI=1S/C23H21BrFNO2/c1-23(2)12-19-22(20(27)13-23)18(14-4-3-5-16(25)10-14)11-21(28)26(19)17-8-6-15(24)7-9-17/h3-10,18H,11-13H2,1-2H3. The lowest BCUT2D eigenvalue weighted by Gasteiger charge is -2.43. The summed E-state index contributed by atoms with van der Waals surface area (Å²) in [7, 11) is 0. The number of benzene rings is 2. The van der Waals surface area contributed by atoms with Crippen LogP contribution in [0.15, 0.2) is 64.3 Å². The van der Waals surface area contributed by atoms with Crippen molar-refractivity contribution in [2.75, 3.05) is 4.90 Å². The molecule has 0 fully saturated rings. The molecule has 0 N–H and O–H groups in total. The van der Waals surface area contributed by atoms with Crippen molar-refractivity contribution in [1.82, 2.24) is 0 Å². The van der Waals surface area contributed by atoms with Crippen LogP contribution in [-0.2, 0) is 9.59 Å². The van der Waals surface area contributed by atoms with Gasteiger partial charge in [0.1, 0.15) is 5.82 Å². The number of ketones is 1. The van der Waals surface area contributed by atoms with Gasteiger partial charge in [0.25, 0.3) is 0 Å². The highest BCUT2D eigenvalue weighted by atomic mass is 79.9. The highest BCUT2D eigenvalue weighted by Gasteiger charge is 2.44. The number of carbonyl (C=O) groups is 2. The summed E-state index contributed by atoms with van der Waals surface area (Å²) in [5.41, 5.74) is 2.63. The maximum atomic E-state index is 13.8. The maximum Gasteiger partial charge on any atom is 0.232 e. The van der Waals surface area contributed by atoms with Crippen molar-refractivity contribution in [3.63, 3.8) is 0 Å². The molecule has 0 aromatic heterocycles. The van der Waals surface area contributed by atoms with Gasteiger partial charge < -0.3 is 0 Å². The zero-order valence-corrected chi connectivity index (χ0v) is 17.4. The summed E-state index contributed by atoms with van der Waals surface area (Å²) in [5, 5.41) is 0. The molecular formula is C23H21BrFNO2. The molecule has 4 rings (SSSR count). The molecule has 0 saturated carbocycles. The van der Waals surface area contributed by atoms with Crippen LogP contribution in [0.5, 0.6) is 0 Å². The number of allylic oxidation sites excluding steroid dienone is 2. The molecule has 0 spiro atoms. The number of hydrogen-bond donors (Lipinski definition) is 0. The predicted molar refractivity (Wildman–Crippen MR) is 110 cm³/mol. The second-order valence-electron chi connectivity index (χ2n) is 8.32. The van der Waals surface area contributed by atoms with E-state index in [2.05, 4.69) is 15.9 Å². The molecule has 1 aliphatic heterocycles. The molecule has 2 aromatic carbocycles. The summed E-state index contributed by atoms with van der Waals surface area (Å²) in [5.74, 6) is -0.768. The van der Waals surface area contributed by atoms with Crippen molar-refractivity contribution in [1.29, 1.82) is 0 Å². The van der Waals surface area contributed by atoms with Crippen LogP contribution in [0.3, 0.4) is 0 Å². The van der Waals surface area contributed by atoms with E-state index in [4.69, 9.17) is 0 Å². The van der Waals surface area contributed by atoms with Gasteiger partial charge in [0, 0.05) is 40.2 Å². The number of rotatable bonds is 2. The molecule has 0 radical (unpaired) electrons. The Hall–Kier alpha value is -2.27. The number of amides is 1. The number of hydrogen-bond acceptors (Lipinski definition) is 2. The van der Waals surface area contributed by atoms with Crippen molar-refractivity contribution in [2.24, 2.45) is 5.41 Å². The monoisotopic (exact) mass is 441 g/mol. The zero-order chi connectivity index (χ0) is 20.1. The van der Waals surface area contributed by atoms with Crippen molar-refractivity contribution in [2.45, 2.75) is 39.0 Å². The highest BCUT2D eigenvalue weighted by Crippen LogP contribution is 2.48. The van der Waals surface area contributed by atoms with Gasteiger partial charge in [-0.05, 0) is 53.8 Å². The Morgan fingerprint density at radius 3 is 2.46 bits per heavy atom. The summed E-state index contributed by atoms with van der Waals surface area (Å²) in [4.78, 5) is 28.0. The van der Waals surface area contributed by atoms with Crippen LogP contribution in [0, 0.1) is 11.2 Å². The largest absolute Gasteiger partial charge is 0.294 e. The minimum Gasteiger partial charge on any atom is -0.294 e. The molecule has 1 amide bonds. The SMILES string of the molecule is CC1(C)CC(=O)C2=C(C1)N(c1ccc(Br)cc1)C(=O)CC2c1cccc(F)c1. The Morgan fingerprint density at radius 2 is 1.79 bits per heavy atom. The molecule has 1 heterocycles. The first-order valence-corrected chi connectivity index (χ1v) is 10.1. The van der Waals surface area contributed by atoms with Crippen LogP contribution in [0.25, 0.3) is 0 Å². The summed E-state index contributed by atoms with van der Waals surface area (Å²) in [6.45, 7) is 4.09. The third-order valence-electron chi connectivity index (χ3n) is 5.48. The van der Waals surface area contributed by atoms with Gasteiger partial charge in [-0.25, -0.2) is 4.39 Å². The summed E-state index contributed by atoms with van der Waals surface area (Å²) >= 11 is 3.42. The minimum atomic E-state index is -0.395. The first-order chi connectivity index (χ1) is 13.2. The topological polar surface area (TPSA) is 37.4 Å². The molecule has 0 saturated heterocycles. The van der Waals surface area contributed by atoms with Gasteiger partial charge in [-0.15, -0.1) is 0 Å². The molecule has 0 bridgehead atoms. The molecule has 3 nitrogen and oxygen atoms in total. The normalized spacial score (nSPS) is 21.7. The first kappa shape index (κ1) is 19.1. The molecule has 1 atom stereocenters. The van der Waals surface area contributed by atoms with Crippen LogP contribution in [-0.4, -0.2) is 11.7 Å². The zero-order valence-electron chi connectivity index (χ0n) is 15.8. The van der Waals surface area contributed by atoms with Crippen LogP contribution in [0.1, 0.15) is 44.6 Å². The Kier molecular flexibility index (Phi) is 4.74. The van der Waals surface area contributed by atoms with Crippen LogP contribution < -0.4 is 4.90 Å². The Balaban J connectivity index is 1.89. The number of nitrogens with zero attached hydrogens (tertiary/aromatic N) is 1. The van der Waals surface area contributed by atoms with E-state index >= 15 is 0 Å². The van der Waals surface area contributed by atoms with Gasteiger partial charge in [-0.1, -0.05) is 41.9 Å². The molecule has 1 unspecified atom stereocenters. The maximum absolute atomic E-state index is 13.8. The van der Waals surface area contributed by atoms with E-state index in [0.717, 1.165) is 15.9 Å². The molecule has 5 heteroatoms. The Morgan fingerprint density at radius 1 is 1.07 bits per heavy atom. The van der Waals surface area contributed by atoms with Crippen LogP contribution >= 0.6 is 15.9 Å². The van der Waals surface area contributed by atoms with Crippen molar-refractivity contribution < 1.29 is 14.0 Å². The van der Waals surface area contributed by atoms with E-state index in [1.54, 1.807) is 17.0 Å². The second kappa shape index (κ2) is 6.96. The lowest BCUT2D eigenvalue weighted by atomic mass is 9.69. The third-order valence-corrected chi connectivity index (χ3v) is 6.01. The molecule has 2 aromatic rings. The fourth-order valence-electron chi connectivity index (χ4n) is 4.31. The van der Waals surface area contributed by atoms with E-state index in [1.807, 2.05) is 38.1 Å². The third kappa shape index (κ3) is 3.44. The average molecular weight is 442 g/mol. The highest BCUT2D eigenvalue weighted by molar-refractivity contribution is 9.10. The number of anilines is 1. The Bertz CT molecular complexity index is 994. The van der Waals surface area contributed by atoms with E-state index in [0.29, 0.717) is 24.0 Å². The van der Waals surface area contributed by atoms with Gasteiger partial charge in [0.2, 0.25) is 5.91 Å². The fourth-order valence-corrected chi connectivity index (χ4v) is 4.58. The van der Waals surface area contributed by atoms with E-state index in [1.165, 1.54) is 12.1 Å². The number of halogens is 2. The van der Waals surface area contributed by atoms with Crippen molar-refractivity contribution in [3.05, 3.63) is 75.7 Å². The van der Waals surface area contributed by atoms with Gasteiger partial charge in [-0.2, -0.15) is 0 Å². The minimum absolute atomic E-state index is 0.0510. The van der Waals surface area contributed by atoms with Gasteiger partial charge in [0.05, 0.1) is 0 Å². The second-order valence-corrected chi connectivity index (χ2v) is 9.23. The van der Waals surface area contributed by atoms with Crippen LogP contribution in [0.4, 0.5) is 10.1 Å². The van der Waals surface area contributed by atoms with Gasteiger partial charge >= 0.3 is 0 Å². The lowest BCUT2D eigenvalue weighted by Crippen LogP contribution is -2.43. The van der Waals surface area contributed by atoms with E-state index in [9.17, 15) is 14.0 Å². The fraction of sp³-hybridized carbons (Fsp3) is 0.304. The van der Waals surface area contributed by atoms with E-state index in [-0.39, 0.29) is 29.3 Å². The molecule has 1 aliphatic carbocycles.